The molecular weight excluding hydrogens is 326 g/mol. The minimum Gasteiger partial charge on any atom is -1.00 e. The van der Waals surface area contributed by atoms with E-state index in [9.17, 15) is 5.21 Å². The van der Waals surface area contributed by atoms with E-state index in [1.54, 1.807) is 24.3 Å². The molecule has 0 fully saturated rings. The molecule has 0 saturated carbocycles. The van der Waals surface area contributed by atoms with Crippen molar-refractivity contribution in [1.82, 2.24) is 0 Å². The van der Waals surface area contributed by atoms with E-state index in [2.05, 4.69) is 4.98 Å². The van der Waals surface area contributed by atoms with Crippen LogP contribution in [0.1, 0.15) is 6.92 Å². The van der Waals surface area contributed by atoms with Gasteiger partial charge in [0.25, 0.3) is 0 Å². The van der Waals surface area contributed by atoms with Crippen molar-refractivity contribution in [2.75, 3.05) is 11.6 Å². The number of hydroxylamine groups is 1. The van der Waals surface area contributed by atoms with E-state index in [-0.39, 0.29) is 56.7 Å². The molecule has 4 nitrogen and oxygen atoms in total. The second kappa shape index (κ2) is 13.0. The zero-order valence-corrected chi connectivity index (χ0v) is 13.9. The van der Waals surface area contributed by atoms with Gasteiger partial charge in [0.15, 0.2) is 4.98 Å². The van der Waals surface area contributed by atoms with E-state index in [1.807, 2.05) is 6.92 Å². The molecule has 86 valence electrons. The second-order valence-corrected chi connectivity index (χ2v) is 2.33. The first-order valence-corrected chi connectivity index (χ1v) is 3.69. The molecule has 0 heterocycles. The fourth-order valence-corrected chi connectivity index (χ4v) is 0.874. The van der Waals surface area contributed by atoms with Gasteiger partial charge in [0.2, 0.25) is 5.39 Å². The van der Waals surface area contributed by atoms with Crippen LogP contribution in [0.3, 0.4) is 0 Å². The summed E-state index contributed by atoms with van der Waals surface area (Å²) >= 11 is 0. The Bertz CT molecular complexity index is 304. The Labute approximate surface area is 126 Å². The van der Waals surface area contributed by atoms with E-state index in [1.165, 1.54) is 0 Å². The topological polar surface area (TPSA) is 51.6 Å². The molecule has 1 aromatic carbocycles. The van der Waals surface area contributed by atoms with Crippen LogP contribution in [-0.2, 0) is 19.5 Å². The Morgan fingerprint density at radius 2 is 1.62 bits per heavy atom. The van der Waals surface area contributed by atoms with Crippen molar-refractivity contribution in [3.8, 4) is 0 Å². The van der Waals surface area contributed by atoms with Crippen molar-refractivity contribution >= 4 is 11.4 Å². The van der Waals surface area contributed by atoms with Gasteiger partial charge in [-0.05, 0) is 19.1 Å². The van der Waals surface area contributed by atoms with E-state index in [4.69, 9.17) is 5.39 Å². The van der Waals surface area contributed by atoms with Gasteiger partial charge in [0, 0.05) is 18.7 Å². The molecule has 0 aliphatic rings. The minimum atomic E-state index is 0. The fraction of sp³-hybridized carbons (Fsp3) is 0.250. The Kier molecular flexibility index (Phi) is 20.2. The van der Waals surface area contributed by atoms with Crippen molar-refractivity contribution in [2.45, 2.75) is 6.92 Å². The maximum absolute atomic E-state index is 9.23. The van der Waals surface area contributed by atoms with Crippen molar-refractivity contribution in [3.63, 3.8) is 0 Å². The maximum Gasteiger partial charge on any atom is 2.00 e. The van der Waals surface area contributed by atoms with Gasteiger partial charge in [0.05, 0.1) is 5.69 Å². The average molecular weight is 336 g/mol. The smallest absolute Gasteiger partial charge is 1.00 e. The zero-order chi connectivity index (χ0) is 8.97. The molecular formula is C8H10Cl3N3OZn. The summed E-state index contributed by atoms with van der Waals surface area (Å²) in [5.41, 5.74) is 1.16. The minimum absolute atomic E-state index is 0. The molecule has 16 heavy (non-hydrogen) atoms. The van der Waals surface area contributed by atoms with Crippen molar-refractivity contribution in [1.29, 1.82) is 5.39 Å². The quantitative estimate of drug-likeness (QED) is 0.332. The zero-order valence-electron chi connectivity index (χ0n) is 8.65. The average Bonchev–Trinajstić information content (AvgIpc) is 2.17. The van der Waals surface area contributed by atoms with Gasteiger partial charge in [0.1, 0.15) is 0 Å². The summed E-state index contributed by atoms with van der Waals surface area (Å²) in [5, 5.41) is 18.7. The van der Waals surface area contributed by atoms with Crippen molar-refractivity contribution < 1.29 is 61.9 Å². The molecule has 0 saturated heterocycles. The monoisotopic (exact) mass is 333 g/mol. The number of hydrogen-bond donors (Lipinski definition) is 1. The van der Waals surface area contributed by atoms with E-state index >= 15 is 0 Å². The number of anilines is 1. The number of benzene rings is 1. The third-order valence-electron chi connectivity index (χ3n) is 1.56. The van der Waals surface area contributed by atoms with Crippen LogP contribution >= 0.6 is 0 Å². The van der Waals surface area contributed by atoms with Crippen LogP contribution in [0.15, 0.2) is 24.3 Å². The number of hydrogen-bond acceptors (Lipinski definition) is 3. The summed E-state index contributed by atoms with van der Waals surface area (Å²) in [5.74, 6) is 0. The molecule has 0 amide bonds. The van der Waals surface area contributed by atoms with Gasteiger partial charge in [-0.3, -0.25) is 10.3 Å². The summed E-state index contributed by atoms with van der Waals surface area (Å²) < 4.78 is 0. The van der Waals surface area contributed by atoms with Crippen LogP contribution in [0, 0.1) is 5.39 Å². The number of rotatable bonds is 2. The van der Waals surface area contributed by atoms with Gasteiger partial charge >= 0.3 is 25.2 Å². The van der Waals surface area contributed by atoms with Gasteiger partial charge in [-0.1, -0.05) is 0 Å². The van der Waals surface area contributed by atoms with Crippen LogP contribution in [-0.4, -0.2) is 11.8 Å². The molecule has 0 radical (unpaired) electrons. The molecule has 0 unspecified atom stereocenters. The van der Waals surface area contributed by atoms with Crippen LogP contribution in [0.5, 0.6) is 0 Å². The predicted octanol–water partition coefficient (Wildman–Crippen LogP) is -6.60. The van der Waals surface area contributed by atoms with E-state index in [0.717, 1.165) is 5.06 Å². The van der Waals surface area contributed by atoms with Crippen LogP contribution in [0.25, 0.3) is 4.98 Å². The van der Waals surface area contributed by atoms with Gasteiger partial charge in [-0.2, -0.15) is 0 Å². The molecule has 1 rings (SSSR count). The first-order valence-electron chi connectivity index (χ1n) is 3.69. The van der Waals surface area contributed by atoms with Gasteiger partial charge in [-0.25, -0.2) is 0 Å². The Hall–Kier alpha value is -0.107. The van der Waals surface area contributed by atoms with Crippen molar-refractivity contribution in [2.24, 2.45) is 0 Å². The van der Waals surface area contributed by atoms with Gasteiger partial charge < -0.3 is 37.2 Å². The first kappa shape index (κ1) is 24.9. The van der Waals surface area contributed by atoms with Crippen LogP contribution < -0.4 is 42.3 Å². The third kappa shape index (κ3) is 7.21. The summed E-state index contributed by atoms with van der Waals surface area (Å²) in [6, 6.07) is 6.60. The Morgan fingerprint density at radius 1 is 1.19 bits per heavy atom. The first-order chi connectivity index (χ1) is 5.77. The second-order valence-electron chi connectivity index (χ2n) is 2.33. The van der Waals surface area contributed by atoms with Crippen molar-refractivity contribution in [3.05, 3.63) is 29.2 Å². The molecule has 1 N–H and O–H groups in total. The molecule has 1 aromatic rings. The SMILES string of the molecule is CCN(O)c1ccc([N+]#N)cc1.[Cl-].[Cl-].[Cl-].[Zn+2]. The van der Waals surface area contributed by atoms with Crippen LogP contribution in [0.2, 0.25) is 0 Å². The summed E-state index contributed by atoms with van der Waals surface area (Å²) in [6.07, 6.45) is 0. The number of diazo groups is 1. The molecule has 8 heteroatoms. The molecule has 0 atom stereocenters. The summed E-state index contributed by atoms with van der Waals surface area (Å²) in [6.45, 7) is 2.36. The summed E-state index contributed by atoms with van der Waals surface area (Å²) in [4.78, 5) is 3.00. The molecule has 0 aliphatic carbocycles. The fourth-order valence-electron chi connectivity index (χ4n) is 0.874. The van der Waals surface area contributed by atoms with E-state index in [0.29, 0.717) is 17.9 Å². The normalized spacial score (nSPS) is 6.81. The maximum atomic E-state index is 9.23. The summed E-state index contributed by atoms with van der Waals surface area (Å²) in [7, 11) is 0. The largest absolute Gasteiger partial charge is 2.00 e. The Balaban J connectivity index is -0.000000180. The molecule has 0 aromatic heterocycles. The van der Waals surface area contributed by atoms with E-state index < -0.39 is 0 Å². The molecule has 0 aliphatic heterocycles. The third-order valence-corrected chi connectivity index (χ3v) is 1.56. The standard InChI is InChI=1S/C8H10N3O.3ClH.Zn/c1-2-11(12)8-5-3-7(10-9)4-6-8;;;;/h3-6,12H,2H2,1H3;3*1H;/q+1;;;;+2/p-3. The molecule has 0 spiro atoms. The predicted molar refractivity (Wildman–Crippen MR) is 46.0 cm³/mol. The number of nitrogens with zero attached hydrogens (tertiary/aromatic N) is 3. The molecule has 0 bridgehead atoms. The van der Waals surface area contributed by atoms with Gasteiger partial charge in [-0.15, -0.1) is 0 Å². The Morgan fingerprint density at radius 3 is 1.94 bits per heavy atom. The number of halogens is 3. The van der Waals surface area contributed by atoms with Crippen LogP contribution in [0.4, 0.5) is 11.4 Å².